The van der Waals surface area contributed by atoms with Gasteiger partial charge in [0.25, 0.3) is 0 Å². The van der Waals surface area contributed by atoms with Gasteiger partial charge in [0.2, 0.25) is 0 Å². The summed E-state index contributed by atoms with van der Waals surface area (Å²) in [6, 6.07) is 2.77. The SMILES string of the molecule is CC1=NC2C=CC(c3cc(F)c(N)cc3Cl)=CC2O1. The van der Waals surface area contributed by atoms with E-state index in [4.69, 9.17) is 22.1 Å². The Morgan fingerprint density at radius 2 is 2.21 bits per heavy atom. The van der Waals surface area contributed by atoms with Gasteiger partial charge in [0.1, 0.15) is 18.0 Å². The van der Waals surface area contributed by atoms with Crippen molar-refractivity contribution in [3.05, 3.63) is 46.8 Å². The van der Waals surface area contributed by atoms with Gasteiger partial charge < -0.3 is 10.5 Å². The maximum atomic E-state index is 13.6. The van der Waals surface area contributed by atoms with E-state index in [9.17, 15) is 4.39 Å². The molecule has 1 aromatic carbocycles. The Hall–Kier alpha value is -1.81. The zero-order chi connectivity index (χ0) is 13.6. The largest absolute Gasteiger partial charge is 0.471 e. The first-order chi connectivity index (χ1) is 9.04. The molecule has 0 radical (unpaired) electrons. The lowest BCUT2D eigenvalue weighted by atomic mass is 9.95. The number of benzene rings is 1. The highest BCUT2D eigenvalue weighted by molar-refractivity contribution is 6.32. The molecular weight excluding hydrogens is 267 g/mol. The topological polar surface area (TPSA) is 47.6 Å². The summed E-state index contributed by atoms with van der Waals surface area (Å²) in [5.41, 5.74) is 6.95. The van der Waals surface area contributed by atoms with E-state index in [1.165, 1.54) is 12.1 Å². The minimum atomic E-state index is -0.476. The Balaban J connectivity index is 1.99. The third-order valence-corrected chi connectivity index (χ3v) is 3.50. The molecule has 2 atom stereocenters. The lowest BCUT2D eigenvalue weighted by Gasteiger charge is -2.18. The van der Waals surface area contributed by atoms with Crippen LogP contribution in [0.3, 0.4) is 0 Å². The van der Waals surface area contributed by atoms with Crippen LogP contribution in [0.15, 0.2) is 35.4 Å². The van der Waals surface area contributed by atoms with E-state index >= 15 is 0 Å². The zero-order valence-corrected chi connectivity index (χ0v) is 11.0. The highest BCUT2D eigenvalue weighted by Gasteiger charge is 2.28. The summed E-state index contributed by atoms with van der Waals surface area (Å²) in [6.07, 6.45) is 5.57. The molecule has 0 saturated carbocycles. The van der Waals surface area contributed by atoms with Crippen LogP contribution in [0.2, 0.25) is 5.02 Å². The van der Waals surface area contributed by atoms with Crippen molar-refractivity contribution in [3.63, 3.8) is 0 Å². The van der Waals surface area contributed by atoms with Crippen molar-refractivity contribution >= 4 is 28.8 Å². The van der Waals surface area contributed by atoms with Crippen molar-refractivity contribution in [2.75, 3.05) is 5.73 Å². The fourth-order valence-corrected chi connectivity index (χ4v) is 2.54. The average Bonchev–Trinajstić information content (AvgIpc) is 2.72. The molecule has 1 aliphatic carbocycles. The fraction of sp³-hybridized carbons (Fsp3) is 0.214. The zero-order valence-electron chi connectivity index (χ0n) is 10.2. The van der Waals surface area contributed by atoms with Gasteiger partial charge in [-0.3, -0.25) is 0 Å². The third-order valence-electron chi connectivity index (χ3n) is 3.19. The summed E-state index contributed by atoms with van der Waals surface area (Å²) in [4.78, 5) is 4.33. The number of aliphatic imine (C=N–C) groups is 1. The molecule has 3 rings (SSSR count). The first kappa shape index (κ1) is 12.2. The standard InChI is InChI=1S/C14H12ClFN2O/c1-7-18-13-3-2-8(4-14(13)19-7)9-5-11(16)12(17)6-10(9)15/h2-6,13-14H,17H2,1H3. The van der Waals surface area contributed by atoms with Crippen LogP contribution in [0.1, 0.15) is 12.5 Å². The Kier molecular flexibility index (Phi) is 2.82. The maximum Gasteiger partial charge on any atom is 0.181 e. The number of nitrogens with zero attached hydrogens (tertiary/aromatic N) is 1. The molecule has 0 amide bonds. The van der Waals surface area contributed by atoms with E-state index in [2.05, 4.69) is 4.99 Å². The Labute approximate surface area is 115 Å². The molecule has 1 aromatic rings. The molecule has 2 aliphatic rings. The van der Waals surface area contributed by atoms with E-state index in [1.807, 2.05) is 25.2 Å². The third kappa shape index (κ3) is 2.12. The summed E-state index contributed by atoms with van der Waals surface area (Å²) in [6.45, 7) is 1.82. The van der Waals surface area contributed by atoms with Crippen LogP contribution < -0.4 is 5.73 Å². The highest BCUT2D eigenvalue weighted by Crippen LogP contribution is 2.33. The number of nitrogens with two attached hydrogens (primary N) is 1. The van der Waals surface area contributed by atoms with E-state index in [-0.39, 0.29) is 17.8 Å². The number of nitrogen functional groups attached to an aromatic ring is 1. The minimum Gasteiger partial charge on any atom is -0.471 e. The van der Waals surface area contributed by atoms with Gasteiger partial charge in [0.05, 0.1) is 10.7 Å². The van der Waals surface area contributed by atoms with E-state index in [1.54, 1.807) is 0 Å². The first-order valence-electron chi connectivity index (χ1n) is 5.90. The molecule has 19 heavy (non-hydrogen) atoms. The molecule has 0 aromatic heterocycles. The van der Waals surface area contributed by atoms with Crippen LogP contribution in [0, 0.1) is 5.82 Å². The quantitative estimate of drug-likeness (QED) is 0.802. The van der Waals surface area contributed by atoms with E-state index < -0.39 is 5.82 Å². The lowest BCUT2D eigenvalue weighted by molar-refractivity contribution is 0.253. The number of halogens is 2. The summed E-state index contributed by atoms with van der Waals surface area (Å²) >= 11 is 6.12. The van der Waals surface area contributed by atoms with Crippen molar-refractivity contribution in [3.8, 4) is 0 Å². The van der Waals surface area contributed by atoms with Gasteiger partial charge >= 0.3 is 0 Å². The van der Waals surface area contributed by atoms with E-state index in [0.29, 0.717) is 16.5 Å². The van der Waals surface area contributed by atoms with Gasteiger partial charge in [0, 0.05) is 12.5 Å². The lowest BCUT2D eigenvalue weighted by Crippen LogP contribution is -2.20. The molecule has 2 N–H and O–H groups in total. The minimum absolute atomic E-state index is 0.00107. The normalized spacial score (nSPS) is 24.6. The Morgan fingerprint density at radius 3 is 3.00 bits per heavy atom. The summed E-state index contributed by atoms with van der Waals surface area (Å²) in [7, 11) is 0. The molecule has 3 nitrogen and oxygen atoms in total. The molecular formula is C14H12ClFN2O. The van der Waals surface area contributed by atoms with Crippen molar-refractivity contribution in [1.82, 2.24) is 0 Å². The van der Waals surface area contributed by atoms with Crippen LogP contribution in [-0.2, 0) is 4.74 Å². The van der Waals surface area contributed by atoms with Crippen LogP contribution in [-0.4, -0.2) is 18.0 Å². The van der Waals surface area contributed by atoms with Crippen molar-refractivity contribution in [2.45, 2.75) is 19.1 Å². The Bertz CT molecular complexity index is 637. The van der Waals surface area contributed by atoms with Crippen LogP contribution >= 0.6 is 11.6 Å². The number of allylic oxidation sites excluding steroid dienone is 2. The number of fused-ring (bicyclic) bond motifs is 1. The number of hydrogen-bond acceptors (Lipinski definition) is 3. The van der Waals surface area contributed by atoms with Crippen LogP contribution in [0.25, 0.3) is 5.57 Å². The molecule has 98 valence electrons. The Morgan fingerprint density at radius 1 is 1.42 bits per heavy atom. The summed E-state index contributed by atoms with van der Waals surface area (Å²) in [5.74, 6) is 0.183. The van der Waals surface area contributed by atoms with E-state index in [0.717, 1.165) is 5.57 Å². The van der Waals surface area contributed by atoms with Crippen molar-refractivity contribution in [2.24, 2.45) is 4.99 Å². The predicted molar refractivity (Wildman–Crippen MR) is 74.7 cm³/mol. The monoisotopic (exact) mass is 278 g/mol. The highest BCUT2D eigenvalue weighted by atomic mass is 35.5. The van der Waals surface area contributed by atoms with Crippen LogP contribution in [0.5, 0.6) is 0 Å². The van der Waals surface area contributed by atoms with Gasteiger partial charge in [0.15, 0.2) is 5.90 Å². The predicted octanol–water partition coefficient (Wildman–Crippen LogP) is 3.20. The summed E-state index contributed by atoms with van der Waals surface area (Å²) in [5, 5.41) is 0.420. The average molecular weight is 279 g/mol. The maximum absolute atomic E-state index is 13.6. The smallest absolute Gasteiger partial charge is 0.181 e. The van der Waals surface area contributed by atoms with Gasteiger partial charge in [-0.15, -0.1) is 0 Å². The van der Waals surface area contributed by atoms with Crippen LogP contribution in [0.4, 0.5) is 10.1 Å². The van der Waals surface area contributed by atoms with Gasteiger partial charge in [-0.1, -0.05) is 23.8 Å². The van der Waals surface area contributed by atoms with Gasteiger partial charge in [-0.2, -0.15) is 0 Å². The number of anilines is 1. The second-order valence-electron chi connectivity index (χ2n) is 4.56. The molecule has 1 heterocycles. The molecule has 0 saturated heterocycles. The van der Waals surface area contributed by atoms with Gasteiger partial charge in [-0.25, -0.2) is 9.38 Å². The second-order valence-corrected chi connectivity index (χ2v) is 4.96. The molecule has 1 aliphatic heterocycles. The molecule has 5 heteroatoms. The van der Waals surface area contributed by atoms with Gasteiger partial charge in [-0.05, 0) is 23.8 Å². The molecule has 0 spiro atoms. The number of hydrogen-bond donors (Lipinski definition) is 1. The number of rotatable bonds is 1. The number of ether oxygens (including phenoxy) is 1. The first-order valence-corrected chi connectivity index (χ1v) is 6.28. The molecule has 2 unspecified atom stereocenters. The van der Waals surface area contributed by atoms with Crippen molar-refractivity contribution in [1.29, 1.82) is 0 Å². The molecule has 0 fully saturated rings. The second kappa shape index (κ2) is 4.38. The van der Waals surface area contributed by atoms with Crippen molar-refractivity contribution < 1.29 is 9.13 Å². The summed E-state index contributed by atoms with van der Waals surface area (Å²) < 4.78 is 19.1. The molecule has 0 bridgehead atoms. The fourth-order valence-electron chi connectivity index (χ4n) is 2.26.